The molecule has 0 atom stereocenters. The van der Waals surface area contributed by atoms with Crippen molar-refractivity contribution in [3.8, 4) is 0 Å². The average molecular weight is 252 g/mol. The van der Waals surface area contributed by atoms with E-state index in [1.165, 1.54) is 0 Å². The molecule has 2 aromatic rings. The van der Waals surface area contributed by atoms with E-state index in [4.69, 9.17) is 4.74 Å². The molecule has 1 aliphatic heterocycles. The Labute approximate surface area is 113 Å². The van der Waals surface area contributed by atoms with E-state index in [9.17, 15) is 5.11 Å². The summed E-state index contributed by atoms with van der Waals surface area (Å²) in [4.78, 5) is 0. The van der Waals surface area contributed by atoms with Crippen molar-refractivity contribution in [2.45, 2.75) is 12.0 Å². The maximum atomic E-state index is 9.95. The molecule has 0 aromatic heterocycles. The fourth-order valence-corrected chi connectivity index (χ4v) is 2.61. The van der Waals surface area contributed by atoms with Gasteiger partial charge in [-0.25, -0.2) is 0 Å². The summed E-state index contributed by atoms with van der Waals surface area (Å²) >= 11 is 0. The lowest BCUT2D eigenvalue weighted by Crippen LogP contribution is -2.34. The monoisotopic (exact) mass is 252 g/mol. The SMILES string of the molecule is OC1=CCOC(c2ccccc2)(c2ccccc2)C1. The fraction of sp³-hybridized carbons (Fsp3) is 0.176. The van der Waals surface area contributed by atoms with E-state index in [2.05, 4.69) is 0 Å². The molecule has 0 saturated heterocycles. The quantitative estimate of drug-likeness (QED) is 0.881. The minimum atomic E-state index is -0.582. The van der Waals surface area contributed by atoms with Crippen LogP contribution in [0.3, 0.4) is 0 Å². The molecule has 0 aliphatic carbocycles. The molecule has 2 heteroatoms. The molecule has 0 bridgehead atoms. The molecule has 0 unspecified atom stereocenters. The van der Waals surface area contributed by atoms with E-state index in [1.54, 1.807) is 6.08 Å². The van der Waals surface area contributed by atoms with Crippen molar-refractivity contribution in [2.75, 3.05) is 6.61 Å². The average Bonchev–Trinajstić information content (AvgIpc) is 2.49. The van der Waals surface area contributed by atoms with E-state index in [0.717, 1.165) is 11.1 Å². The molecule has 96 valence electrons. The van der Waals surface area contributed by atoms with Crippen molar-refractivity contribution in [3.05, 3.63) is 83.6 Å². The first-order valence-electron chi connectivity index (χ1n) is 6.44. The van der Waals surface area contributed by atoms with Gasteiger partial charge in [0.2, 0.25) is 0 Å². The maximum Gasteiger partial charge on any atom is 0.125 e. The van der Waals surface area contributed by atoms with E-state index in [-0.39, 0.29) is 0 Å². The van der Waals surface area contributed by atoms with Gasteiger partial charge in [0.25, 0.3) is 0 Å². The predicted molar refractivity (Wildman–Crippen MR) is 74.9 cm³/mol. The van der Waals surface area contributed by atoms with Crippen LogP contribution in [0.4, 0.5) is 0 Å². The third kappa shape index (κ3) is 2.15. The Kier molecular flexibility index (Phi) is 3.10. The van der Waals surface area contributed by atoms with Crippen LogP contribution in [-0.2, 0) is 10.3 Å². The fourth-order valence-electron chi connectivity index (χ4n) is 2.61. The zero-order chi connectivity index (χ0) is 13.1. The molecule has 0 spiro atoms. The molecule has 2 aromatic carbocycles. The van der Waals surface area contributed by atoms with Gasteiger partial charge in [0.05, 0.1) is 12.4 Å². The Bertz CT molecular complexity index is 533. The number of hydrogen-bond acceptors (Lipinski definition) is 2. The Morgan fingerprint density at radius 1 is 0.842 bits per heavy atom. The van der Waals surface area contributed by atoms with Crippen LogP contribution >= 0.6 is 0 Å². The molecular formula is C17H16O2. The molecule has 1 N–H and O–H groups in total. The first-order chi connectivity index (χ1) is 9.31. The maximum absolute atomic E-state index is 9.95. The largest absolute Gasteiger partial charge is 0.512 e. The van der Waals surface area contributed by atoms with Gasteiger partial charge in [-0.1, -0.05) is 60.7 Å². The lowest BCUT2D eigenvalue weighted by molar-refractivity contribution is -0.0217. The third-order valence-electron chi connectivity index (χ3n) is 3.56. The van der Waals surface area contributed by atoms with Gasteiger partial charge in [-0.2, -0.15) is 0 Å². The molecule has 0 fully saturated rings. The number of aliphatic hydroxyl groups is 1. The Hall–Kier alpha value is -2.06. The summed E-state index contributed by atoms with van der Waals surface area (Å²) in [5.74, 6) is 0.388. The Morgan fingerprint density at radius 3 is 1.84 bits per heavy atom. The first-order valence-corrected chi connectivity index (χ1v) is 6.44. The van der Waals surface area contributed by atoms with Gasteiger partial charge in [0.1, 0.15) is 5.60 Å². The lowest BCUT2D eigenvalue weighted by atomic mass is 9.81. The molecule has 0 amide bonds. The Morgan fingerprint density at radius 2 is 1.37 bits per heavy atom. The molecule has 2 nitrogen and oxygen atoms in total. The summed E-state index contributed by atoms with van der Waals surface area (Å²) in [7, 11) is 0. The highest BCUT2D eigenvalue weighted by Gasteiger charge is 2.38. The second kappa shape index (κ2) is 4.90. The first kappa shape index (κ1) is 12.0. The molecule has 0 radical (unpaired) electrons. The smallest absolute Gasteiger partial charge is 0.125 e. The summed E-state index contributed by atoms with van der Waals surface area (Å²) < 4.78 is 6.07. The number of ether oxygens (including phenoxy) is 1. The molecule has 1 aliphatic rings. The van der Waals surface area contributed by atoms with Crippen molar-refractivity contribution in [1.29, 1.82) is 0 Å². The van der Waals surface area contributed by atoms with Gasteiger partial charge < -0.3 is 9.84 Å². The Balaban J connectivity index is 2.14. The number of hydrogen-bond donors (Lipinski definition) is 1. The molecule has 19 heavy (non-hydrogen) atoms. The van der Waals surface area contributed by atoms with Gasteiger partial charge in [-0.15, -0.1) is 0 Å². The minimum Gasteiger partial charge on any atom is -0.512 e. The summed E-state index contributed by atoms with van der Waals surface area (Å²) in [5, 5.41) is 9.95. The normalized spacial score (nSPS) is 17.8. The molecule has 3 rings (SSSR count). The van der Waals surface area contributed by atoms with Gasteiger partial charge in [0.15, 0.2) is 0 Å². The number of aliphatic hydroxyl groups excluding tert-OH is 1. The second-order valence-electron chi connectivity index (χ2n) is 4.74. The second-order valence-corrected chi connectivity index (χ2v) is 4.74. The van der Waals surface area contributed by atoms with Crippen LogP contribution in [-0.4, -0.2) is 11.7 Å². The van der Waals surface area contributed by atoms with Crippen LogP contribution in [0.2, 0.25) is 0 Å². The standard InChI is InChI=1S/C17H16O2/c18-16-11-12-19-17(13-16,14-7-3-1-4-8-14)15-9-5-2-6-10-15/h1-11,18H,12-13H2. The minimum absolute atomic E-state index is 0.388. The number of benzene rings is 2. The lowest BCUT2D eigenvalue weighted by Gasteiger charge is -2.37. The zero-order valence-electron chi connectivity index (χ0n) is 10.6. The van der Waals surface area contributed by atoms with Crippen LogP contribution < -0.4 is 0 Å². The van der Waals surface area contributed by atoms with Crippen molar-refractivity contribution >= 4 is 0 Å². The van der Waals surface area contributed by atoms with Crippen LogP contribution in [0.15, 0.2) is 72.5 Å². The van der Waals surface area contributed by atoms with Gasteiger partial charge in [-0.3, -0.25) is 0 Å². The number of rotatable bonds is 2. The highest BCUT2D eigenvalue weighted by molar-refractivity contribution is 5.38. The third-order valence-corrected chi connectivity index (χ3v) is 3.56. The van der Waals surface area contributed by atoms with Gasteiger partial charge in [-0.05, 0) is 17.2 Å². The van der Waals surface area contributed by atoms with Crippen molar-refractivity contribution in [1.82, 2.24) is 0 Å². The van der Waals surface area contributed by atoms with Crippen LogP contribution in [0.25, 0.3) is 0 Å². The highest BCUT2D eigenvalue weighted by Crippen LogP contribution is 2.40. The van der Waals surface area contributed by atoms with Crippen LogP contribution in [0.1, 0.15) is 17.5 Å². The molecule has 1 heterocycles. The van der Waals surface area contributed by atoms with Crippen LogP contribution in [0, 0.1) is 0 Å². The highest BCUT2D eigenvalue weighted by atomic mass is 16.5. The summed E-state index contributed by atoms with van der Waals surface area (Å²) in [6.07, 6.45) is 2.20. The topological polar surface area (TPSA) is 29.5 Å². The predicted octanol–water partition coefficient (Wildman–Crippen LogP) is 3.79. The van der Waals surface area contributed by atoms with E-state index >= 15 is 0 Å². The van der Waals surface area contributed by atoms with Gasteiger partial charge in [0, 0.05) is 6.42 Å². The zero-order valence-corrected chi connectivity index (χ0v) is 10.6. The van der Waals surface area contributed by atoms with Crippen molar-refractivity contribution < 1.29 is 9.84 Å². The van der Waals surface area contributed by atoms with E-state index in [0.29, 0.717) is 18.8 Å². The summed E-state index contributed by atoms with van der Waals surface area (Å²) in [5.41, 5.74) is 1.56. The van der Waals surface area contributed by atoms with Gasteiger partial charge >= 0.3 is 0 Å². The van der Waals surface area contributed by atoms with E-state index in [1.807, 2.05) is 60.7 Å². The van der Waals surface area contributed by atoms with Crippen molar-refractivity contribution in [2.24, 2.45) is 0 Å². The molecular weight excluding hydrogens is 236 g/mol. The van der Waals surface area contributed by atoms with Crippen molar-refractivity contribution in [3.63, 3.8) is 0 Å². The van der Waals surface area contributed by atoms with E-state index < -0.39 is 5.60 Å². The summed E-state index contributed by atoms with van der Waals surface area (Å²) in [6.45, 7) is 0.426. The summed E-state index contributed by atoms with van der Waals surface area (Å²) in [6, 6.07) is 20.2. The van der Waals surface area contributed by atoms with Crippen LogP contribution in [0.5, 0.6) is 0 Å². The molecule has 0 saturated carbocycles.